The van der Waals surface area contributed by atoms with Gasteiger partial charge in [0, 0.05) is 17.2 Å². The fourth-order valence-corrected chi connectivity index (χ4v) is 3.77. The first-order chi connectivity index (χ1) is 14.0. The molecule has 0 saturated heterocycles. The van der Waals surface area contributed by atoms with Gasteiger partial charge in [0.05, 0.1) is 16.1 Å². The molecule has 1 amide bonds. The number of hydrogen-bond acceptors (Lipinski definition) is 7. The SMILES string of the molecule is O=C(O)NC1CSC(c2ccc3cc(Oc4ccccc4[N+](=O)[O-])ccc3n2)=N1. The number of nitrogens with zero attached hydrogens (tertiary/aromatic N) is 3. The molecular weight excluding hydrogens is 396 g/mol. The van der Waals surface area contributed by atoms with E-state index in [9.17, 15) is 14.9 Å². The zero-order valence-electron chi connectivity index (χ0n) is 14.8. The lowest BCUT2D eigenvalue weighted by Gasteiger charge is -2.08. The van der Waals surface area contributed by atoms with E-state index in [1.807, 2.05) is 6.07 Å². The quantitative estimate of drug-likeness (QED) is 0.480. The Labute approximate surface area is 168 Å². The Balaban J connectivity index is 1.58. The third kappa shape index (κ3) is 4.11. The van der Waals surface area contributed by atoms with E-state index in [0.29, 0.717) is 27.8 Å². The van der Waals surface area contributed by atoms with Crippen LogP contribution in [-0.2, 0) is 0 Å². The van der Waals surface area contributed by atoms with Gasteiger partial charge in [-0.2, -0.15) is 0 Å². The second-order valence-electron chi connectivity index (χ2n) is 6.09. The first-order valence-corrected chi connectivity index (χ1v) is 9.51. The summed E-state index contributed by atoms with van der Waals surface area (Å²) in [6, 6.07) is 15.0. The van der Waals surface area contributed by atoms with Crippen LogP contribution < -0.4 is 10.1 Å². The molecule has 3 aromatic rings. The van der Waals surface area contributed by atoms with Crippen LogP contribution in [0.15, 0.2) is 59.6 Å². The van der Waals surface area contributed by atoms with Crippen LogP contribution in [0.1, 0.15) is 5.69 Å². The second-order valence-corrected chi connectivity index (χ2v) is 7.10. The van der Waals surface area contributed by atoms with Crippen molar-refractivity contribution in [1.82, 2.24) is 10.3 Å². The molecule has 146 valence electrons. The number of pyridine rings is 1. The molecule has 2 aromatic carbocycles. The van der Waals surface area contributed by atoms with Crippen LogP contribution in [-0.4, -0.2) is 38.1 Å². The van der Waals surface area contributed by atoms with Gasteiger partial charge in [0.2, 0.25) is 5.75 Å². The summed E-state index contributed by atoms with van der Waals surface area (Å²) in [5.41, 5.74) is 1.25. The fourth-order valence-electron chi connectivity index (χ4n) is 2.84. The standard InChI is InChI=1S/C19H14N4O5S/c24-19(25)22-17-10-29-18(21-17)14-7-5-11-9-12(6-8-13(11)20-14)28-16-4-2-1-3-15(16)23(26)27/h1-9,17,22H,10H2,(H,24,25). The minimum atomic E-state index is -1.11. The molecule has 1 aliphatic heterocycles. The van der Waals surface area contributed by atoms with Crippen LogP contribution in [0.5, 0.6) is 11.5 Å². The number of carbonyl (C=O) groups is 1. The van der Waals surface area contributed by atoms with Crippen molar-refractivity contribution in [3.8, 4) is 11.5 Å². The van der Waals surface area contributed by atoms with Gasteiger partial charge in [-0.05, 0) is 30.3 Å². The molecule has 9 nitrogen and oxygen atoms in total. The fraction of sp³-hybridized carbons (Fsp3) is 0.105. The molecule has 10 heteroatoms. The lowest BCUT2D eigenvalue weighted by atomic mass is 10.2. The van der Waals surface area contributed by atoms with E-state index in [1.165, 1.54) is 17.8 Å². The van der Waals surface area contributed by atoms with Gasteiger partial charge in [0.1, 0.15) is 17.0 Å². The molecule has 0 bridgehead atoms. The number of nitro groups is 1. The summed E-state index contributed by atoms with van der Waals surface area (Å²) in [4.78, 5) is 30.3. The largest absolute Gasteiger partial charge is 0.465 e. The molecule has 4 rings (SSSR count). The van der Waals surface area contributed by atoms with Gasteiger partial charge in [-0.15, -0.1) is 11.8 Å². The highest BCUT2D eigenvalue weighted by Crippen LogP contribution is 2.32. The maximum absolute atomic E-state index is 11.1. The van der Waals surface area contributed by atoms with Crippen LogP contribution in [0.4, 0.5) is 10.5 Å². The molecule has 1 aliphatic rings. The van der Waals surface area contributed by atoms with E-state index in [2.05, 4.69) is 15.3 Å². The maximum Gasteiger partial charge on any atom is 0.406 e. The van der Waals surface area contributed by atoms with Crippen molar-refractivity contribution in [2.45, 2.75) is 6.17 Å². The summed E-state index contributed by atoms with van der Waals surface area (Å²) in [6.45, 7) is 0. The van der Waals surface area contributed by atoms with E-state index in [1.54, 1.807) is 42.5 Å². The highest BCUT2D eigenvalue weighted by atomic mass is 32.2. The minimum absolute atomic E-state index is 0.109. The van der Waals surface area contributed by atoms with Gasteiger partial charge in [-0.3, -0.25) is 20.4 Å². The molecule has 0 fully saturated rings. The van der Waals surface area contributed by atoms with E-state index < -0.39 is 17.2 Å². The molecule has 2 heterocycles. The number of rotatable bonds is 5. The molecule has 0 spiro atoms. The molecule has 1 aromatic heterocycles. The Kier molecular flexibility index (Phi) is 5.00. The Hall–Kier alpha value is -3.66. The van der Waals surface area contributed by atoms with Gasteiger partial charge in [0.15, 0.2) is 0 Å². The number of amides is 1. The molecule has 1 unspecified atom stereocenters. The molecule has 0 saturated carbocycles. The predicted octanol–water partition coefficient (Wildman–Crippen LogP) is 4.02. The number of hydrogen-bond donors (Lipinski definition) is 2. The topological polar surface area (TPSA) is 127 Å². The highest BCUT2D eigenvalue weighted by Gasteiger charge is 2.22. The molecule has 0 aliphatic carbocycles. The van der Waals surface area contributed by atoms with Crippen molar-refractivity contribution < 1.29 is 19.6 Å². The van der Waals surface area contributed by atoms with Gasteiger partial charge >= 0.3 is 11.8 Å². The summed E-state index contributed by atoms with van der Waals surface area (Å²) in [7, 11) is 0. The first kappa shape index (κ1) is 18.7. The van der Waals surface area contributed by atoms with Crippen LogP contribution >= 0.6 is 11.8 Å². The number of thioether (sulfide) groups is 1. The summed E-state index contributed by atoms with van der Waals surface area (Å²) in [5, 5.41) is 23.7. The van der Waals surface area contributed by atoms with Crippen LogP contribution in [0.3, 0.4) is 0 Å². The summed E-state index contributed by atoms with van der Waals surface area (Å²) in [5.74, 6) is 1.14. The number of fused-ring (bicyclic) bond motifs is 1. The predicted molar refractivity (Wildman–Crippen MR) is 109 cm³/mol. The monoisotopic (exact) mass is 410 g/mol. The van der Waals surface area contributed by atoms with E-state index in [4.69, 9.17) is 9.84 Å². The van der Waals surface area contributed by atoms with Crippen LogP contribution in [0.2, 0.25) is 0 Å². The first-order valence-electron chi connectivity index (χ1n) is 8.52. The minimum Gasteiger partial charge on any atom is -0.465 e. The number of carboxylic acid groups (broad SMARTS) is 1. The van der Waals surface area contributed by atoms with E-state index >= 15 is 0 Å². The lowest BCUT2D eigenvalue weighted by Crippen LogP contribution is -2.32. The second kappa shape index (κ2) is 7.76. The summed E-state index contributed by atoms with van der Waals surface area (Å²) >= 11 is 1.44. The molecule has 29 heavy (non-hydrogen) atoms. The zero-order valence-corrected chi connectivity index (χ0v) is 15.6. The third-order valence-electron chi connectivity index (χ3n) is 4.11. The van der Waals surface area contributed by atoms with Crippen molar-refractivity contribution in [3.05, 3.63) is 70.4 Å². The Morgan fingerprint density at radius 1 is 1.24 bits per heavy atom. The van der Waals surface area contributed by atoms with Crippen LogP contribution in [0, 0.1) is 10.1 Å². The summed E-state index contributed by atoms with van der Waals surface area (Å²) in [6.07, 6.45) is -1.60. The lowest BCUT2D eigenvalue weighted by molar-refractivity contribution is -0.385. The molecular formula is C19H14N4O5S. The normalized spacial score (nSPS) is 15.7. The van der Waals surface area contributed by atoms with E-state index in [0.717, 1.165) is 5.39 Å². The van der Waals surface area contributed by atoms with Gasteiger partial charge in [-0.1, -0.05) is 18.2 Å². The Bertz CT molecular complexity index is 1150. The Morgan fingerprint density at radius 2 is 2.07 bits per heavy atom. The third-order valence-corrected chi connectivity index (χ3v) is 5.18. The van der Waals surface area contributed by atoms with Crippen molar-refractivity contribution in [1.29, 1.82) is 0 Å². The average Bonchev–Trinajstić information content (AvgIpc) is 3.15. The van der Waals surface area contributed by atoms with Crippen molar-refractivity contribution >= 4 is 39.5 Å². The molecule has 1 atom stereocenters. The number of benzene rings is 2. The maximum atomic E-state index is 11.1. The number of para-hydroxylation sites is 2. The molecule has 2 N–H and O–H groups in total. The van der Waals surface area contributed by atoms with E-state index in [-0.39, 0.29) is 11.4 Å². The Morgan fingerprint density at radius 3 is 2.86 bits per heavy atom. The number of ether oxygens (including phenoxy) is 1. The molecule has 0 radical (unpaired) electrons. The van der Waals surface area contributed by atoms with Crippen LogP contribution in [0.25, 0.3) is 10.9 Å². The highest BCUT2D eigenvalue weighted by molar-refractivity contribution is 8.14. The van der Waals surface area contributed by atoms with Gasteiger partial charge < -0.3 is 9.84 Å². The summed E-state index contributed by atoms with van der Waals surface area (Å²) < 4.78 is 5.70. The average molecular weight is 410 g/mol. The smallest absolute Gasteiger partial charge is 0.406 e. The number of aromatic nitrogens is 1. The number of aliphatic imine (C=N–C) groups is 1. The number of nitro benzene ring substituents is 1. The van der Waals surface area contributed by atoms with Crippen molar-refractivity contribution in [2.24, 2.45) is 4.99 Å². The van der Waals surface area contributed by atoms with Gasteiger partial charge in [0.25, 0.3) is 0 Å². The number of nitrogens with one attached hydrogen (secondary N) is 1. The van der Waals surface area contributed by atoms with Crippen molar-refractivity contribution in [3.63, 3.8) is 0 Å². The van der Waals surface area contributed by atoms with Crippen molar-refractivity contribution in [2.75, 3.05) is 5.75 Å². The zero-order chi connectivity index (χ0) is 20.4. The van der Waals surface area contributed by atoms with Gasteiger partial charge in [-0.25, -0.2) is 9.78 Å².